The van der Waals surface area contributed by atoms with Gasteiger partial charge in [0, 0.05) is 12.8 Å². The van der Waals surface area contributed by atoms with Gasteiger partial charge in [0.25, 0.3) is 0 Å². The Balaban J connectivity index is 0.000000236. The second kappa shape index (κ2) is 6.79. The minimum Gasteiger partial charge on any atom is -0.300 e. The lowest BCUT2D eigenvalue weighted by atomic mass is 10.00. The molecule has 1 aliphatic rings. The molecule has 0 heterocycles. The zero-order valence-corrected chi connectivity index (χ0v) is 7.15. The van der Waals surface area contributed by atoms with Gasteiger partial charge < -0.3 is 0 Å². The van der Waals surface area contributed by atoms with Crippen molar-refractivity contribution in [2.24, 2.45) is 0 Å². The summed E-state index contributed by atoms with van der Waals surface area (Å²) in [5.41, 5.74) is 0. The molecule has 1 rings (SSSR count). The molecule has 0 aromatic heterocycles. The van der Waals surface area contributed by atoms with Crippen LogP contribution in [0.2, 0.25) is 0 Å². The first-order chi connectivity index (χ1) is 4.81. The Hall–Kier alpha value is -0.330. The van der Waals surface area contributed by atoms with Gasteiger partial charge in [0.1, 0.15) is 5.78 Å². The molecule has 60 valence electrons. The van der Waals surface area contributed by atoms with E-state index in [2.05, 4.69) is 13.8 Å². The Morgan fingerprint density at radius 2 is 1.50 bits per heavy atom. The first-order valence-corrected chi connectivity index (χ1v) is 4.33. The van der Waals surface area contributed by atoms with Crippen LogP contribution in [-0.4, -0.2) is 5.78 Å². The van der Waals surface area contributed by atoms with Crippen LogP contribution in [0.5, 0.6) is 0 Å². The van der Waals surface area contributed by atoms with Gasteiger partial charge in [0.2, 0.25) is 0 Å². The monoisotopic (exact) mass is 142 g/mol. The SMILES string of the molecule is CCC.O=C1CCCCC1. The van der Waals surface area contributed by atoms with E-state index < -0.39 is 0 Å². The maximum atomic E-state index is 10.5. The molecule has 0 aliphatic heterocycles. The van der Waals surface area contributed by atoms with E-state index in [1.807, 2.05) is 0 Å². The van der Waals surface area contributed by atoms with Crippen molar-refractivity contribution < 1.29 is 4.79 Å². The Morgan fingerprint density at radius 1 is 1.10 bits per heavy atom. The molecule has 1 heteroatoms. The van der Waals surface area contributed by atoms with Crippen molar-refractivity contribution in [2.75, 3.05) is 0 Å². The maximum Gasteiger partial charge on any atom is 0.132 e. The quantitative estimate of drug-likeness (QED) is 0.508. The fourth-order valence-corrected chi connectivity index (χ4v) is 0.946. The van der Waals surface area contributed by atoms with E-state index in [4.69, 9.17) is 0 Å². The number of carbonyl (C=O) groups excluding carboxylic acids is 1. The van der Waals surface area contributed by atoms with Crippen molar-refractivity contribution >= 4 is 5.78 Å². The van der Waals surface area contributed by atoms with E-state index in [9.17, 15) is 4.79 Å². The fourth-order valence-electron chi connectivity index (χ4n) is 0.946. The zero-order valence-electron chi connectivity index (χ0n) is 7.15. The van der Waals surface area contributed by atoms with Gasteiger partial charge in [-0.15, -0.1) is 0 Å². The molecule has 0 unspecified atom stereocenters. The lowest BCUT2D eigenvalue weighted by Gasteiger charge is -2.05. The largest absolute Gasteiger partial charge is 0.300 e. The van der Waals surface area contributed by atoms with E-state index in [1.54, 1.807) is 0 Å². The van der Waals surface area contributed by atoms with Gasteiger partial charge in [-0.2, -0.15) is 0 Å². The summed E-state index contributed by atoms with van der Waals surface area (Å²) in [6.07, 6.45) is 6.49. The van der Waals surface area contributed by atoms with Crippen LogP contribution in [0.4, 0.5) is 0 Å². The third kappa shape index (κ3) is 5.80. The highest BCUT2D eigenvalue weighted by Crippen LogP contribution is 2.12. The van der Waals surface area contributed by atoms with Crippen molar-refractivity contribution in [2.45, 2.75) is 52.4 Å². The highest BCUT2D eigenvalue weighted by molar-refractivity contribution is 5.78. The molecule has 1 aliphatic carbocycles. The standard InChI is InChI=1S/C6H10O.C3H8/c7-6-4-2-1-3-5-6;1-3-2/h1-5H2;3H2,1-2H3. The summed E-state index contributed by atoms with van der Waals surface area (Å²) < 4.78 is 0. The van der Waals surface area contributed by atoms with E-state index in [0.717, 1.165) is 25.7 Å². The molecule has 1 fully saturated rings. The van der Waals surface area contributed by atoms with Crippen LogP contribution in [0.1, 0.15) is 52.4 Å². The van der Waals surface area contributed by atoms with Crippen LogP contribution >= 0.6 is 0 Å². The van der Waals surface area contributed by atoms with Crippen LogP contribution in [0.3, 0.4) is 0 Å². The normalized spacial score (nSPS) is 17.6. The van der Waals surface area contributed by atoms with Crippen molar-refractivity contribution in [1.29, 1.82) is 0 Å². The number of ketones is 1. The van der Waals surface area contributed by atoms with Crippen LogP contribution in [0.15, 0.2) is 0 Å². The molecule has 0 spiro atoms. The number of carbonyl (C=O) groups is 1. The number of hydrogen-bond acceptors (Lipinski definition) is 1. The highest BCUT2D eigenvalue weighted by Gasteiger charge is 2.05. The minimum absolute atomic E-state index is 0.464. The van der Waals surface area contributed by atoms with E-state index in [0.29, 0.717) is 5.78 Å². The fraction of sp³-hybridized carbons (Fsp3) is 0.889. The Kier molecular flexibility index (Phi) is 6.56. The third-order valence-electron chi connectivity index (χ3n) is 1.41. The second-order valence-corrected chi connectivity index (χ2v) is 2.81. The van der Waals surface area contributed by atoms with Crippen molar-refractivity contribution in [1.82, 2.24) is 0 Å². The van der Waals surface area contributed by atoms with Gasteiger partial charge >= 0.3 is 0 Å². The van der Waals surface area contributed by atoms with Gasteiger partial charge in [-0.3, -0.25) is 4.79 Å². The van der Waals surface area contributed by atoms with Gasteiger partial charge in [0.15, 0.2) is 0 Å². The van der Waals surface area contributed by atoms with Crippen molar-refractivity contribution in [3.05, 3.63) is 0 Å². The van der Waals surface area contributed by atoms with Crippen LogP contribution in [0, 0.1) is 0 Å². The lowest BCUT2D eigenvalue weighted by Crippen LogP contribution is -2.02. The Morgan fingerprint density at radius 3 is 1.70 bits per heavy atom. The smallest absolute Gasteiger partial charge is 0.132 e. The summed E-state index contributed by atoms with van der Waals surface area (Å²) in [6, 6.07) is 0. The molecule has 0 radical (unpaired) electrons. The third-order valence-corrected chi connectivity index (χ3v) is 1.41. The van der Waals surface area contributed by atoms with Gasteiger partial charge in [0.05, 0.1) is 0 Å². The minimum atomic E-state index is 0.464. The summed E-state index contributed by atoms with van der Waals surface area (Å²) in [7, 11) is 0. The summed E-state index contributed by atoms with van der Waals surface area (Å²) in [6.45, 7) is 4.25. The average Bonchev–Trinajstić information content (AvgIpc) is 1.91. The van der Waals surface area contributed by atoms with Crippen LogP contribution in [-0.2, 0) is 4.79 Å². The molecular weight excluding hydrogens is 124 g/mol. The number of Topliss-reactive ketones (excluding diaryl/α,β-unsaturated/α-hetero) is 1. The molecule has 0 bridgehead atoms. The summed E-state index contributed by atoms with van der Waals surface area (Å²) in [5.74, 6) is 0.464. The molecule has 1 saturated carbocycles. The summed E-state index contributed by atoms with van der Waals surface area (Å²) in [4.78, 5) is 10.5. The van der Waals surface area contributed by atoms with Crippen LogP contribution in [0.25, 0.3) is 0 Å². The molecule has 0 N–H and O–H groups in total. The number of hydrogen-bond donors (Lipinski definition) is 0. The molecule has 0 saturated heterocycles. The number of rotatable bonds is 0. The predicted molar refractivity (Wildman–Crippen MR) is 44.1 cm³/mol. The lowest BCUT2D eigenvalue weighted by molar-refractivity contribution is -0.120. The second-order valence-electron chi connectivity index (χ2n) is 2.81. The summed E-state index contributed by atoms with van der Waals surface area (Å²) in [5, 5.41) is 0. The first-order valence-electron chi connectivity index (χ1n) is 4.33. The van der Waals surface area contributed by atoms with E-state index in [1.165, 1.54) is 12.8 Å². The molecular formula is C9H18O. The molecule has 10 heavy (non-hydrogen) atoms. The van der Waals surface area contributed by atoms with Gasteiger partial charge in [-0.05, 0) is 12.8 Å². The van der Waals surface area contributed by atoms with Crippen molar-refractivity contribution in [3.63, 3.8) is 0 Å². The maximum absolute atomic E-state index is 10.5. The van der Waals surface area contributed by atoms with Crippen LogP contribution < -0.4 is 0 Å². The van der Waals surface area contributed by atoms with E-state index in [-0.39, 0.29) is 0 Å². The zero-order chi connectivity index (χ0) is 7.82. The topological polar surface area (TPSA) is 17.1 Å². The van der Waals surface area contributed by atoms with Gasteiger partial charge in [-0.25, -0.2) is 0 Å². The first kappa shape index (κ1) is 9.67. The average molecular weight is 142 g/mol. The molecule has 0 aromatic rings. The molecule has 0 aromatic carbocycles. The highest BCUT2D eigenvalue weighted by atomic mass is 16.1. The summed E-state index contributed by atoms with van der Waals surface area (Å²) >= 11 is 0. The van der Waals surface area contributed by atoms with E-state index >= 15 is 0 Å². The Labute approximate surface area is 63.8 Å². The molecule has 1 nitrogen and oxygen atoms in total. The predicted octanol–water partition coefficient (Wildman–Crippen LogP) is 2.94. The molecule has 0 atom stereocenters. The Bertz CT molecular complexity index is 78.7. The van der Waals surface area contributed by atoms with Gasteiger partial charge in [-0.1, -0.05) is 26.7 Å². The molecule has 0 amide bonds. The van der Waals surface area contributed by atoms with Crippen molar-refractivity contribution in [3.8, 4) is 0 Å².